The average Bonchev–Trinajstić information content (AvgIpc) is 2.92. The fraction of sp³-hybridized carbons (Fsp3) is 0.615. The molecule has 110 valence electrons. The van der Waals surface area contributed by atoms with Crippen molar-refractivity contribution in [2.75, 3.05) is 19.7 Å². The number of nitrogens with zero attached hydrogens (tertiary/aromatic N) is 3. The van der Waals surface area contributed by atoms with Crippen LogP contribution in [0.25, 0.3) is 0 Å². The SMILES string of the molecule is CCOC(=O)N1CCC(NC(=O)Cn2cccn2)CC1. The summed E-state index contributed by atoms with van der Waals surface area (Å²) in [6, 6.07) is 1.90. The standard InChI is InChI=1S/C13H20N4O3/c1-2-20-13(19)16-8-4-11(5-9-16)15-12(18)10-17-7-3-6-14-17/h3,6-7,11H,2,4-5,8-10H2,1H3,(H,15,18). The van der Waals surface area contributed by atoms with Crippen LogP contribution in [0.1, 0.15) is 19.8 Å². The Morgan fingerprint density at radius 3 is 2.75 bits per heavy atom. The second-order valence-electron chi connectivity index (χ2n) is 4.73. The van der Waals surface area contributed by atoms with Gasteiger partial charge in [-0.05, 0) is 25.8 Å². The van der Waals surface area contributed by atoms with E-state index in [0.717, 1.165) is 12.8 Å². The number of nitrogens with one attached hydrogen (secondary N) is 1. The van der Waals surface area contributed by atoms with Gasteiger partial charge in [0, 0.05) is 31.5 Å². The van der Waals surface area contributed by atoms with Gasteiger partial charge in [0.25, 0.3) is 0 Å². The monoisotopic (exact) mass is 280 g/mol. The van der Waals surface area contributed by atoms with Crippen LogP contribution in [0.4, 0.5) is 4.79 Å². The van der Waals surface area contributed by atoms with Crippen molar-refractivity contribution in [3.05, 3.63) is 18.5 Å². The normalized spacial score (nSPS) is 15.9. The lowest BCUT2D eigenvalue weighted by atomic mass is 10.1. The highest BCUT2D eigenvalue weighted by Gasteiger charge is 2.24. The predicted molar refractivity (Wildman–Crippen MR) is 72.0 cm³/mol. The lowest BCUT2D eigenvalue weighted by Crippen LogP contribution is -2.47. The summed E-state index contributed by atoms with van der Waals surface area (Å²) >= 11 is 0. The van der Waals surface area contributed by atoms with Crippen molar-refractivity contribution in [2.45, 2.75) is 32.4 Å². The van der Waals surface area contributed by atoms with Gasteiger partial charge in [-0.2, -0.15) is 5.10 Å². The maximum Gasteiger partial charge on any atom is 0.409 e. The smallest absolute Gasteiger partial charge is 0.409 e. The van der Waals surface area contributed by atoms with Gasteiger partial charge in [-0.3, -0.25) is 9.48 Å². The Balaban J connectivity index is 1.71. The van der Waals surface area contributed by atoms with Gasteiger partial charge in [-0.1, -0.05) is 0 Å². The molecule has 7 heteroatoms. The van der Waals surface area contributed by atoms with E-state index >= 15 is 0 Å². The maximum atomic E-state index is 11.8. The number of amides is 2. The number of likely N-dealkylation sites (tertiary alicyclic amines) is 1. The maximum absolute atomic E-state index is 11.8. The summed E-state index contributed by atoms with van der Waals surface area (Å²) in [5.74, 6) is -0.0525. The number of carbonyl (C=O) groups is 2. The molecule has 7 nitrogen and oxygen atoms in total. The van der Waals surface area contributed by atoms with Gasteiger partial charge in [0.15, 0.2) is 0 Å². The Bertz CT molecular complexity index is 438. The van der Waals surface area contributed by atoms with E-state index in [1.807, 2.05) is 0 Å². The van der Waals surface area contributed by atoms with Crippen LogP contribution < -0.4 is 5.32 Å². The molecule has 2 rings (SSSR count). The molecule has 0 unspecified atom stereocenters. The van der Waals surface area contributed by atoms with Crippen molar-refractivity contribution in [2.24, 2.45) is 0 Å². The number of hydrogen-bond acceptors (Lipinski definition) is 4. The Morgan fingerprint density at radius 1 is 1.40 bits per heavy atom. The quantitative estimate of drug-likeness (QED) is 0.877. The van der Waals surface area contributed by atoms with Gasteiger partial charge < -0.3 is 15.0 Å². The molecule has 0 aromatic carbocycles. The van der Waals surface area contributed by atoms with Crippen molar-refractivity contribution >= 4 is 12.0 Å². The van der Waals surface area contributed by atoms with E-state index < -0.39 is 0 Å². The molecule has 2 heterocycles. The van der Waals surface area contributed by atoms with Crippen LogP contribution >= 0.6 is 0 Å². The summed E-state index contributed by atoms with van der Waals surface area (Å²) in [4.78, 5) is 25.0. The first kappa shape index (κ1) is 14.4. The summed E-state index contributed by atoms with van der Waals surface area (Å²) in [5.41, 5.74) is 0. The molecule has 1 aromatic heterocycles. The summed E-state index contributed by atoms with van der Waals surface area (Å²) in [6.45, 7) is 3.64. The zero-order valence-corrected chi connectivity index (χ0v) is 11.6. The number of rotatable bonds is 4. The number of aromatic nitrogens is 2. The van der Waals surface area contributed by atoms with Gasteiger partial charge in [-0.25, -0.2) is 4.79 Å². The Kier molecular flexibility index (Phi) is 4.97. The van der Waals surface area contributed by atoms with Crippen molar-refractivity contribution in [1.29, 1.82) is 0 Å². The van der Waals surface area contributed by atoms with Gasteiger partial charge in [0.2, 0.25) is 5.91 Å². The van der Waals surface area contributed by atoms with Crippen LogP contribution in [-0.4, -0.2) is 52.4 Å². The highest BCUT2D eigenvalue weighted by Crippen LogP contribution is 2.11. The molecule has 1 N–H and O–H groups in total. The Morgan fingerprint density at radius 2 is 2.15 bits per heavy atom. The van der Waals surface area contributed by atoms with Crippen molar-refractivity contribution in [3.8, 4) is 0 Å². The molecular formula is C13H20N4O3. The fourth-order valence-corrected chi connectivity index (χ4v) is 2.24. The van der Waals surface area contributed by atoms with Gasteiger partial charge in [-0.15, -0.1) is 0 Å². The number of piperidine rings is 1. The molecule has 0 spiro atoms. The first-order valence-electron chi connectivity index (χ1n) is 6.87. The summed E-state index contributed by atoms with van der Waals surface area (Å²) in [5, 5.41) is 6.96. The predicted octanol–water partition coefficient (Wildman–Crippen LogP) is 0.620. The molecule has 2 amide bonds. The Labute approximate surface area is 117 Å². The van der Waals surface area contributed by atoms with Crippen LogP contribution in [0, 0.1) is 0 Å². The van der Waals surface area contributed by atoms with Gasteiger partial charge in [0.1, 0.15) is 6.54 Å². The molecule has 0 aliphatic carbocycles. The highest BCUT2D eigenvalue weighted by molar-refractivity contribution is 5.76. The number of carbonyl (C=O) groups excluding carboxylic acids is 2. The van der Waals surface area contributed by atoms with Crippen LogP contribution in [0.15, 0.2) is 18.5 Å². The minimum Gasteiger partial charge on any atom is -0.450 e. The largest absolute Gasteiger partial charge is 0.450 e. The second kappa shape index (κ2) is 6.93. The van der Waals surface area contributed by atoms with Crippen LogP contribution in [0.2, 0.25) is 0 Å². The fourth-order valence-electron chi connectivity index (χ4n) is 2.24. The van der Waals surface area contributed by atoms with Crippen LogP contribution in [0.3, 0.4) is 0 Å². The second-order valence-corrected chi connectivity index (χ2v) is 4.73. The third-order valence-electron chi connectivity index (χ3n) is 3.25. The van der Waals surface area contributed by atoms with E-state index in [4.69, 9.17) is 4.74 Å². The average molecular weight is 280 g/mol. The molecule has 1 aromatic rings. The van der Waals surface area contributed by atoms with Gasteiger partial charge >= 0.3 is 6.09 Å². The molecule has 1 fully saturated rings. The summed E-state index contributed by atoms with van der Waals surface area (Å²) in [6.07, 6.45) is 4.63. The van der Waals surface area contributed by atoms with Gasteiger partial charge in [0.05, 0.1) is 6.61 Å². The first-order valence-corrected chi connectivity index (χ1v) is 6.87. The zero-order valence-electron chi connectivity index (χ0n) is 11.6. The number of ether oxygens (including phenoxy) is 1. The summed E-state index contributed by atoms with van der Waals surface area (Å²) < 4.78 is 6.54. The third-order valence-corrected chi connectivity index (χ3v) is 3.25. The molecule has 0 bridgehead atoms. The van der Waals surface area contributed by atoms with Crippen molar-refractivity contribution < 1.29 is 14.3 Å². The van der Waals surface area contributed by atoms with Crippen molar-refractivity contribution in [1.82, 2.24) is 20.0 Å². The highest BCUT2D eigenvalue weighted by atomic mass is 16.6. The van der Waals surface area contributed by atoms with E-state index in [1.54, 1.807) is 35.0 Å². The minimum atomic E-state index is -0.270. The molecule has 0 saturated carbocycles. The van der Waals surface area contributed by atoms with E-state index in [2.05, 4.69) is 10.4 Å². The van der Waals surface area contributed by atoms with E-state index in [0.29, 0.717) is 19.7 Å². The minimum absolute atomic E-state index is 0.0525. The summed E-state index contributed by atoms with van der Waals surface area (Å²) in [7, 11) is 0. The zero-order chi connectivity index (χ0) is 14.4. The lowest BCUT2D eigenvalue weighted by Gasteiger charge is -2.31. The molecule has 20 heavy (non-hydrogen) atoms. The molecule has 1 saturated heterocycles. The molecule has 0 atom stereocenters. The lowest BCUT2D eigenvalue weighted by molar-refractivity contribution is -0.122. The third kappa shape index (κ3) is 3.97. The van der Waals surface area contributed by atoms with E-state index in [9.17, 15) is 9.59 Å². The molecule has 0 radical (unpaired) electrons. The molecular weight excluding hydrogens is 260 g/mol. The molecule has 1 aliphatic rings. The molecule has 1 aliphatic heterocycles. The first-order chi connectivity index (χ1) is 9.69. The van der Waals surface area contributed by atoms with Crippen LogP contribution in [-0.2, 0) is 16.1 Å². The van der Waals surface area contributed by atoms with Crippen molar-refractivity contribution in [3.63, 3.8) is 0 Å². The number of hydrogen-bond donors (Lipinski definition) is 1. The Hall–Kier alpha value is -2.05. The van der Waals surface area contributed by atoms with E-state index in [1.165, 1.54) is 0 Å². The topological polar surface area (TPSA) is 76.5 Å². The van der Waals surface area contributed by atoms with E-state index in [-0.39, 0.29) is 24.6 Å². The van der Waals surface area contributed by atoms with Crippen LogP contribution in [0.5, 0.6) is 0 Å².